The molecule has 2 aromatic carbocycles. The Morgan fingerprint density at radius 1 is 0.962 bits per heavy atom. The Kier molecular flexibility index (Phi) is 9.15. The first-order chi connectivity index (χ1) is 12.4. The van der Waals surface area contributed by atoms with Gasteiger partial charge >= 0.3 is 0 Å². The number of nitrogens with one attached hydrogen (secondary N) is 3. The van der Waals surface area contributed by atoms with Crippen LogP contribution in [0.1, 0.15) is 11.1 Å². The van der Waals surface area contributed by atoms with Gasteiger partial charge in [-0.05, 0) is 35.4 Å². The zero-order valence-electron chi connectivity index (χ0n) is 13.1. The summed E-state index contributed by atoms with van der Waals surface area (Å²) >= 11 is 11.6. The van der Waals surface area contributed by atoms with Crippen molar-refractivity contribution in [3.05, 3.63) is 79.8 Å². The maximum atomic E-state index is 8.36. The third kappa shape index (κ3) is 9.85. The molecule has 0 saturated heterocycles. The third-order valence-electron chi connectivity index (χ3n) is 2.52. The van der Waals surface area contributed by atoms with Gasteiger partial charge in [0, 0.05) is 10.0 Å². The topological polar surface area (TPSA) is 136 Å². The summed E-state index contributed by atoms with van der Waals surface area (Å²) in [5, 5.41) is 30.4. The molecule has 0 aliphatic heterocycles. The van der Waals surface area contributed by atoms with E-state index in [-0.39, 0.29) is 5.96 Å². The Balaban J connectivity index is 0.000000765. The highest BCUT2D eigenvalue weighted by Crippen LogP contribution is 2.08. The van der Waals surface area contributed by atoms with Gasteiger partial charge in [0.05, 0.1) is 12.4 Å². The second kappa shape index (κ2) is 11.4. The lowest BCUT2D eigenvalue weighted by Crippen LogP contribution is -2.29. The summed E-state index contributed by atoms with van der Waals surface area (Å²) in [5.74, 6) is -0.0459. The van der Waals surface area contributed by atoms with Gasteiger partial charge in [0.15, 0.2) is 0 Å². The Labute approximate surface area is 158 Å². The first-order valence-electron chi connectivity index (χ1n) is 6.88. The maximum Gasteiger partial charge on any atom is 0.291 e. The van der Waals surface area contributed by atoms with Crippen LogP contribution >= 0.6 is 23.2 Å². The van der Waals surface area contributed by atoms with Gasteiger partial charge in [-0.3, -0.25) is 5.41 Å². The molecule has 0 atom stereocenters. The summed E-state index contributed by atoms with van der Waals surface area (Å²) in [6.07, 6.45) is 3.16. The van der Waals surface area contributed by atoms with E-state index in [1.54, 1.807) is 36.7 Å². The summed E-state index contributed by atoms with van der Waals surface area (Å²) in [6.45, 7) is 0. The Hall–Kier alpha value is -3.17. The molecule has 0 amide bonds. The van der Waals surface area contributed by atoms with Gasteiger partial charge in [-0.25, -0.2) is 10.9 Å². The van der Waals surface area contributed by atoms with Crippen LogP contribution in [-0.2, 0) is 0 Å². The minimum Gasteiger partial charge on any atom is -0.328 e. The Morgan fingerprint density at radius 3 is 1.58 bits per heavy atom. The SMILES string of the molecule is N=C(N/N=C/c1ccc(Cl)cc1)N/N=C/c1ccc(Cl)cc1.O=[N+]([O-])O. The van der Waals surface area contributed by atoms with Crippen LogP contribution in [0.5, 0.6) is 0 Å². The van der Waals surface area contributed by atoms with Crippen molar-refractivity contribution in [2.24, 2.45) is 10.2 Å². The van der Waals surface area contributed by atoms with Crippen molar-refractivity contribution < 1.29 is 10.3 Å². The lowest BCUT2D eigenvalue weighted by atomic mass is 10.2. The molecule has 0 aromatic heterocycles. The molecule has 0 aliphatic rings. The van der Waals surface area contributed by atoms with Crippen LogP contribution in [0.2, 0.25) is 10.0 Å². The predicted molar refractivity (Wildman–Crippen MR) is 101 cm³/mol. The highest BCUT2D eigenvalue weighted by atomic mass is 35.5. The highest BCUT2D eigenvalue weighted by Gasteiger charge is 1.92. The standard InChI is InChI=1S/C15H13Cl2N5.HNO3/c16-13-5-1-11(2-6-13)9-19-21-15(18)22-20-10-12-3-7-14(17)8-4-12;2-1(3)4/h1-10H,(H3,18,21,22);(H,2,3,4)/b19-9+,20-10+;. The summed E-state index contributed by atoms with van der Waals surface area (Å²) in [5.41, 5.74) is 6.77. The molecule has 26 heavy (non-hydrogen) atoms. The van der Waals surface area contributed by atoms with Crippen molar-refractivity contribution in [1.29, 1.82) is 5.41 Å². The first kappa shape index (κ1) is 20.9. The Morgan fingerprint density at radius 2 is 1.27 bits per heavy atom. The fraction of sp³-hybridized carbons (Fsp3) is 0. The monoisotopic (exact) mass is 396 g/mol. The van der Waals surface area contributed by atoms with E-state index in [4.69, 9.17) is 43.9 Å². The van der Waals surface area contributed by atoms with Crippen molar-refractivity contribution in [1.82, 2.24) is 10.9 Å². The van der Waals surface area contributed by atoms with Gasteiger partial charge in [0.25, 0.3) is 5.09 Å². The smallest absolute Gasteiger partial charge is 0.291 e. The summed E-state index contributed by atoms with van der Waals surface area (Å²) < 4.78 is 0. The van der Waals surface area contributed by atoms with Gasteiger partial charge < -0.3 is 5.21 Å². The van der Waals surface area contributed by atoms with Gasteiger partial charge in [0.2, 0.25) is 5.96 Å². The van der Waals surface area contributed by atoms with Gasteiger partial charge in [0.1, 0.15) is 0 Å². The number of nitrogens with zero attached hydrogens (tertiary/aromatic N) is 3. The van der Waals surface area contributed by atoms with E-state index >= 15 is 0 Å². The second-order valence-electron chi connectivity index (χ2n) is 4.46. The molecule has 0 unspecified atom stereocenters. The van der Waals surface area contributed by atoms with Crippen molar-refractivity contribution in [3.63, 3.8) is 0 Å². The van der Waals surface area contributed by atoms with E-state index in [1.807, 2.05) is 24.3 Å². The summed E-state index contributed by atoms with van der Waals surface area (Å²) in [6, 6.07) is 14.4. The van der Waals surface area contributed by atoms with Crippen LogP contribution in [0.15, 0.2) is 58.7 Å². The minimum atomic E-state index is -1.50. The molecule has 136 valence electrons. The molecule has 2 aromatic rings. The van der Waals surface area contributed by atoms with Crippen LogP contribution in [0.3, 0.4) is 0 Å². The van der Waals surface area contributed by atoms with E-state index in [9.17, 15) is 0 Å². The largest absolute Gasteiger partial charge is 0.328 e. The van der Waals surface area contributed by atoms with Gasteiger partial charge in [-0.1, -0.05) is 47.5 Å². The quantitative estimate of drug-likeness (QED) is 0.272. The van der Waals surface area contributed by atoms with Crippen LogP contribution in [0.25, 0.3) is 0 Å². The molecule has 0 bridgehead atoms. The van der Waals surface area contributed by atoms with E-state index in [0.717, 1.165) is 11.1 Å². The third-order valence-corrected chi connectivity index (χ3v) is 3.02. The number of hydrazone groups is 2. The van der Waals surface area contributed by atoms with E-state index in [0.29, 0.717) is 10.0 Å². The molecule has 0 heterocycles. The van der Waals surface area contributed by atoms with Crippen molar-refractivity contribution in [3.8, 4) is 0 Å². The van der Waals surface area contributed by atoms with Gasteiger partial charge in [-0.15, -0.1) is 10.1 Å². The van der Waals surface area contributed by atoms with Crippen LogP contribution in [0, 0.1) is 15.5 Å². The summed E-state index contributed by atoms with van der Waals surface area (Å²) in [4.78, 5) is 8.36. The van der Waals surface area contributed by atoms with Crippen LogP contribution in [-0.4, -0.2) is 28.7 Å². The average Bonchev–Trinajstić information content (AvgIpc) is 2.58. The lowest BCUT2D eigenvalue weighted by molar-refractivity contribution is -0.742. The average molecular weight is 397 g/mol. The highest BCUT2D eigenvalue weighted by molar-refractivity contribution is 6.30. The number of halogens is 2. The van der Waals surface area contributed by atoms with Gasteiger partial charge in [-0.2, -0.15) is 10.2 Å². The second-order valence-corrected chi connectivity index (χ2v) is 5.33. The van der Waals surface area contributed by atoms with E-state index in [1.165, 1.54) is 0 Å². The van der Waals surface area contributed by atoms with E-state index < -0.39 is 5.09 Å². The van der Waals surface area contributed by atoms with Crippen LogP contribution < -0.4 is 10.9 Å². The molecule has 0 spiro atoms. The van der Waals surface area contributed by atoms with E-state index in [2.05, 4.69) is 21.1 Å². The molecule has 2 rings (SSSR count). The molecule has 11 heteroatoms. The molecule has 0 radical (unpaired) electrons. The molecule has 0 saturated carbocycles. The molecule has 9 nitrogen and oxygen atoms in total. The first-order valence-corrected chi connectivity index (χ1v) is 7.63. The fourth-order valence-electron chi connectivity index (χ4n) is 1.47. The number of rotatable bonds is 4. The fourth-order valence-corrected chi connectivity index (χ4v) is 1.72. The number of hydrogen-bond donors (Lipinski definition) is 4. The van der Waals surface area contributed by atoms with Crippen molar-refractivity contribution in [2.45, 2.75) is 0 Å². The maximum absolute atomic E-state index is 8.36. The lowest BCUT2D eigenvalue weighted by Gasteiger charge is -2.01. The molecular weight excluding hydrogens is 383 g/mol. The molecular formula is C15H14Cl2N6O3. The molecule has 0 fully saturated rings. The molecule has 4 N–H and O–H groups in total. The number of hydrogen-bond acceptors (Lipinski definition) is 5. The van der Waals surface area contributed by atoms with Crippen LogP contribution in [0.4, 0.5) is 0 Å². The normalized spacial score (nSPS) is 10.2. The molecule has 0 aliphatic carbocycles. The number of benzene rings is 2. The zero-order chi connectivity index (χ0) is 19.4. The number of guanidine groups is 1. The summed E-state index contributed by atoms with van der Waals surface area (Å²) in [7, 11) is 0. The van der Waals surface area contributed by atoms with Crippen molar-refractivity contribution in [2.75, 3.05) is 0 Å². The minimum absolute atomic E-state index is 0.0459. The Bertz CT molecular complexity index is 715. The van der Waals surface area contributed by atoms with Crippen molar-refractivity contribution >= 4 is 41.6 Å². The zero-order valence-corrected chi connectivity index (χ0v) is 14.6. The predicted octanol–water partition coefficient (Wildman–Crippen LogP) is 3.13.